The fourth-order valence-corrected chi connectivity index (χ4v) is 3.96. The predicted octanol–water partition coefficient (Wildman–Crippen LogP) is 1.25. The molecule has 3 rings (SSSR count). The van der Waals surface area contributed by atoms with E-state index in [9.17, 15) is 14.7 Å². The number of ether oxygens (including phenoxy) is 1. The van der Waals surface area contributed by atoms with Gasteiger partial charge in [0.25, 0.3) is 0 Å². The maximum absolute atomic E-state index is 12.0. The van der Waals surface area contributed by atoms with Gasteiger partial charge >= 0.3 is 5.97 Å². The molecule has 0 aromatic carbocycles. The van der Waals surface area contributed by atoms with Gasteiger partial charge in [0.2, 0.25) is 0 Å². The maximum atomic E-state index is 12.0. The van der Waals surface area contributed by atoms with E-state index in [1.165, 1.54) is 12.2 Å². The first-order chi connectivity index (χ1) is 9.05. The minimum Gasteiger partial charge on any atom is -0.466 e. The molecule has 0 heterocycles. The summed E-state index contributed by atoms with van der Waals surface area (Å²) in [6.45, 7) is 2.04. The van der Waals surface area contributed by atoms with Gasteiger partial charge in [0, 0.05) is 11.8 Å². The first-order valence-electron chi connectivity index (χ1n) is 6.84. The van der Waals surface area contributed by atoms with Crippen molar-refractivity contribution in [1.82, 2.24) is 0 Å². The Kier molecular flexibility index (Phi) is 2.86. The van der Waals surface area contributed by atoms with Gasteiger partial charge in [-0.25, -0.2) is 0 Å². The van der Waals surface area contributed by atoms with Crippen LogP contribution in [0.3, 0.4) is 0 Å². The Labute approximate surface area is 112 Å². The van der Waals surface area contributed by atoms with Gasteiger partial charge in [0.15, 0.2) is 5.78 Å². The molecule has 0 radical (unpaired) electrons. The van der Waals surface area contributed by atoms with E-state index in [1.807, 2.05) is 0 Å². The van der Waals surface area contributed by atoms with Crippen molar-refractivity contribution in [1.29, 1.82) is 0 Å². The van der Waals surface area contributed by atoms with E-state index in [0.29, 0.717) is 6.61 Å². The number of ketones is 1. The van der Waals surface area contributed by atoms with E-state index < -0.39 is 11.6 Å². The van der Waals surface area contributed by atoms with Crippen molar-refractivity contribution in [2.45, 2.75) is 25.4 Å². The van der Waals surface area contributed by atoms with Gasteiger partial charge < -0.3 is 9.84 Å². The van der Waals surface area contributed by atoms with Gasteiger partial charge in [-0.05, 0) is 37.3 Å². The molecule has 1 N–H and O–H groups in total. The van der Waals surface area contributed by atoms with Crippen LogP contribution in [0.1, 0.15) is 19.8 Å². The molecule has 0 spiro atoms. The van der Waals surface area contributed by atoms with Crippen LogP contribution in [-0.4, -0.2) is 29.1 Å². The summed E-state index contributed by atoms with van der Waals surface area (Å²) in [5.41, 5.74) is -1.24. The molecule has 0 unspecified atom stereocenters. The highest BCUT2D eigenvalue weighted by atomic mass is 16.5. The van der Waals surface area contributed by atoms with Gasteiger partial charge in [0.1, 0.15) is 0 Å². The molecule has 4 heteroatoms. The predicted molar refractivity (Wildman–Crippen MR) is 68.1 cm³/mol. The monoisotopic (exact) mass is 262 g/mol. The molecule has 0 aromatic heterocycles. The third-order valence-corrected chi connectivity index (χ3v) is 4.63. The summed E-state index contributed by atoms with van der Waals surface area (Å²) in [6, 6.07) is 0. The Morgan fingerprint density at radius 2 is 2.21 bits per heavy atom. The van der Waals surface area contributed by atoms with E-state index in [2.05, 4.69) is 12.2 Å². The van der Waals surface area contributed by atoms with Crippen LogP contribution in [-0.2, 0) is 14.3 Å². The van der Waals surface area contributed by atoms with Crippen molar-refractivity contribution in [3.63, 3.8) is 0 Å². The first-order valence-corrected chi connectivity index (χ1v) is 6.84. The zero-order valence-corrected chi connectivity index (χ0v) is 10.9. The van der Waals surface area contributed by atoms with Gasteiger partial charge in [-0.1, -0.05) is 12.2 Å². The molecule has 5 atom stereocenters. The number of hydrogen-bond donors (Lipinski definition) is 1. The summed E-state index contributed by atoms with van der Waals surface area (Å²) in [6.07, 6.45) is 7.94. The lowest BCUT2D eigenvalue weighted by atomic mass is 9.66. The number of fused-ring (bicyclic) bond motifs is 5. The summed E-state index contributed by atoms with van der Waals surface area (Å²) in [5.74, 6) is -0.252. The molecule has 19 heavy (non-hydrogen) atoms. The molecule has 1 saturated carbocycles. The summed E-state index contributed by atoms with van der Waals surface area (Å²) in [7, 11) is 0. The summed E-state index contributed by atoms with van der Waals surface area (Å²) in [4.78, 5) is 23.7. The molecular formula is C15H18O4. The molecule has 3 aliphatic carbocycles. The van der Waals surface area contributed by atoms with Crippen LogP contribution in [0, 0.1) is 23.7 Å². The van der Waals surface area contributed by atoms with E-state index >= 15 is 0 Å². The molecule has 3 aliphatic rings. The van der Waals surface area contributed by atoms with Crippen molar-refractivity contribution in [3.05, 3.63) is 24.3 Å². The summed E-state index contributed by atoms with van der Waals surface area (Å²) >= 11 is 0. The van der Waals surface area contributed by atoms with E-state index in [0.717, 1.165) is 6.42 Å². The number of carbonyl (C=O) groups excluding carboxylic acids is 2. The van der Waals surface area contributed by atoms with Crippen molar-refractivity contribution in [2.24, 2.45) is 23.7 Å². The lowest BCUT2D eigenvalue weighted by Crippen LogP contribution is -2.49. The number of hydrogen-bond acceptors (Lipinski definition) is 4. The Balaban J connectivity index is 1.89. The Bertz CT molecular complexity index is 479. The van der Waals surface area contributed by atoms with Crippen molar-refractivity contribution >= 4 is 11.8 Å². The Morgan fingerprint density at radius 1 is 1.47 bits per heavy atom. The van der Waals surface area contributed by atoms with Gasteiger partial charge in [-0.2, -0.15) is 0 Å². The molecule has 4 nitrogen and oxygen atoms in total. The fraction of sp³-hybridized carbons (Fsp3) is 0.600. The molecular weight excluding hydrogens is 244 g/mol. The lowest BCUT2D eigenvalue weighted by Gasteiger charge is -2.41. The van der Waals surface area contributed by atoms with Crippen LogP contribution in [0.5, 0.6) is 0 Å². The smallest absolute Gasteiger partial charge is 0.309 e. The Hall–Kier alpha value is -1.42. The van der Waals surface area contributed by atoms with Gasteiger partial charge in [-0.15, -0.1) is 0 Å². The molecule has 0 amide bonds. The zero-order valence-electron chi connectivity index (χ0n) is 10.9. The molecule has 102 valence electrons. The quantitative estimate of drug-likeness (QED) is 0.614. The third-order valence-electron chi connectivity index (χ3n) is 4.63. The molecule has 1 fully saturated rings. The van der Waals surface area contributed by atoms with E-state index in [-0.39, 0.29) is 35.9 Å². The number of carbonyl (C=O) groups is 2. The second-order valence-electron chi connectivity index (χ2n) is 5.71. The topological polar surface area (TPSA) is 63.6 Å². The van der Waals surface area contributed by atoms with Gasteiger partial charge in [0.05, 0.1) is 18.6 Å². The highest BCUT2D eigenvalue weighted by Gasteiger charge is 2.57. The van der Waals surface area contributed by atoms with Crippen LogP contribution < -0.4 is 0 Å². The number of rotatable bonds is 3. The highest BCUT2D eigenvalue weighted by Crippen LogP contribution is 2.55. The maximum Gasteiger partial charge on any atom is 0.309 e. The summed E-state index contributed by atoms with van der Waals surface area (Å²) in [5, 5.41) is 10.8. The molecule has 2 bridgehead atoms. The van der Waals surface area contributed by atoms with Crippen LogP contribution in [0.25, 0.3) is 0 Å². The summed E-state index contributed by atoms with van der Waals surface area (Å²) < 4.78 is 4.93. The lowest BCUT2D eigenvalue weighted by molar-refractivity contribution is -0.151. The normalized spacial score (nSPS) is 42.5. The van der Waals surface area contributed by atoms with Crippen molar-refractivity contribution < 1.29 is 19.4 Å². The number of esters is 1. The van der Waals surface area contributed by atoms with Gasteiger partial charge in [-0.3, -0.25) is 9.59 Å². The highest BCUT2D eigenvalue weighted by molar-refractivity contribution is 5.94. The molecule has 0 saturated heterocycles. The van der Waals surface area contributed by atoms with Crippen molar-refractivity contribution in [2.75, 3.05) is 6.61 Å². The van der Waals surface area contributed by atoms with Crippen LogP contribution in [0.15, 0.2) is 24.3 Å². The van der Waals surface area contributed by atoms with E-state index in [1.54, 1.807) is 6.92 Å². The minimum atomic E-state index is -1.24. The van der Waals surface area contributed by atoms with E-state index in [4.69, 9.17) is 4.74 Å². The van der Waals surface area contributed by atoms with Crippen LogP contribution in [0.4, 0.5) is 0 Å². The molecule has 0 aliphatic heterocycles. The largest absolute Gasteiger partial charge is 0.466 e. The second-order valence-corrected chi connectivity index (χ2v) is 5.71. The third kappa shape index (κ3) is 1.86. The van der Waals surface area contributed by atoms with Crippen molar-refractivity contribution in [3.8, 4) is 0 Å². The zero-order chi connectivity index (χ0) is 13.6. The fourth-order valence-electron chi connectivity index (χ4n) is 3.96. The SMILES string of the molecule is CCOC(=O)C[C@]1(O)C=CC(=O)[C@@H]2[C@H]1[C@@H]1C=C[C@H]2C1. The first kappa shape index (κ1) is 12.6. The number of allylic oxidation sites excluding steroid dienone is 3. The average Bonchev–Trinajstić information content (AvgIpc) is 2.95. The second kappa shape index (κ2) is 4.30. The Morgan fingerprint density at radius 3 is 2.95 bits per heavy atom. The molecule has 0 aromatic rings. The average molecular weight is 262 g/mol. The van der Waals surface area contributed by atoms with Crippen LogP contribution >= 0.6 is 0 Å². The minimum absolute atomic E-state index is 0.0666. The number of aliphatic hydroxyl groups is 1. The standard InChI is InChI=1S/C15H18O4/c1-2-19-12(17)8-15(18)6-5-11(16)13-9-3-4-10(7-9)14(13)15/h3-6,9-10,13-14,18H,2,7-8H2,1H3/t9-,10+,13+,14+,15+/m0/s1. The van der Waals surface area contributed by atoms with Crippen LogP contribution in [0.2, 0.25) is 0 Å².